The van der Waals surface area contributed by atoms with E-state index in [4.69, 9.17) is 16.3 Å². The van der Waals surface area contributed by atoms with Crippen LogP contribution in [0.5, 0.6) is 5.75 Å². The zero-order chi connectivity index (χ0) is 17.1. The standard InChI is InChI=1S/C18H18ClN3O2/c1-3-14-17(22-9-8-13(19)10-16(22)21-14)18(23)20-11-12-6-4-5-7-15(12)24-2/h4-10H,3,11H2,1-2H3,(H,20,23). The summed E-state index contributed by atoms with van der Waals surface area (Å²) in [6.45, 7) is 2.35. The summed E-state index contributed by atoms with van der Waals surface area (Å²) in [6, 6.07) is 11.1. The van der Waals surface area contributed by atoms with Gasteiger partial charge in [-0.1, -0.05) is 36.7 Å². The van der Waals surface area contributed by atoms with Crippen molar-refractivity contribution in [1.82, 2.24) is 14.7 Å². The number of methoxy groups -OCH3 is 1. The molecular formula is C18H18ClN3O2. The monoisotopic (exact) mass is 343 g/mol. The molecule has 1 amide bonds. The van der Waals surface area contributed by atoms with Crippen LogP contribution in [0.15, 0.2) is 42.6 Å². The number of fused-ring (bicyclic) bond motifs is 1. The van der Waals surface area contributed by atoms with Gasteiger partial charge in [-0.15, -0.1) is 0 Å². The molecule has 0 radical (unpaired) electrons. The van der Waals surface area contributed by atoms with E-state index in [1.165, 1.54) is 0 Å². The minimum absolute atomic E-state index is 0.174. The Bertz CT molecular complexity index is 889. The van der Waals surface area contributed by atoms with Crippen molar-refractivity contribution in [3.05, 3.63) is 64.6 Å². The lowest BCUT2D eigenvalue weighted by Gasteiger charge is -2.10. The molecule has 0 atom stereocenters. The van der Waals surface area contributed by atoms with Gasteiger partial charge in [-0.2, -0.15) is 0 Å². The number of benzene rings is 1. The molecule has 5 nitrogen and oxygen atoms in total. The Kier molecular flexibility index (Phi) is 4.71. The molecule has 2 aromatic heterocycles. The maximum atomic E-state index is 12.7. The van der Waals surface area contributed by atoms with Gasteiger partial charge in [0.15, 0.2) is 0 Å². The van der Waals surface area contributed by atoms with Gasteiger partial charge in [0.2, 0.25) is 0 Å². The van der Waals surface area contributed by atoms with Gasteiger partial charge < -0.3 is 10.1 Å². The first-order valence-corrected chi connectivity index (χ1v) is 8.08. The lowest BCUT2D eigenvalue weighted by molar-refractivity contribution is 0.0944. The number of pyridine rings is 1. The molecule has 3 aromatic rings. The third-order valence-corrected chi connectivity index (χ3v) is 4.08. The number of nitrogens with zero attached hydrogens (tertiary/aromatic N) is 2. The minimum atomic E-state index is -0.174. The molecule has 0 aliphatic rings. The van der Waals surface area contributed by atoms with Crippen LogP contribution in [0.3, 0.4) is 0 Å². The van der Waals surface area contributed by atoms with Crippen molar-refractivity contribution in [2.45, 2.75) is 19.9 Å². The number of aryl methyl sites for hydroxylation is 1. The van der Waals surface area contributed by atoms with Crippen molar-refractivity contribution in [3.8, 4) is 5.75 Å². The van der Waals surface area contributed by atoms with Gasteiger partial charge in [0.05, 0.1) is 12.8 Å². The van der Waals surface area contributed by atoms with Crippen molar-refractivity contribution < 1.29 is 9.53 Å². The molecule has 0 spiro atoms. The van der Waals surface area contributed by atoms with E-state index >= 15 is 0 Å². The van der Waals surface area contributed by atoms with Crippen LogP contribution >= 0.6 is 11.6 Å². The normalized spacial score (nSPS) is 10.8. The molecule has 0 saturated heterocycles. The molecule has 124 valence electrons. The summed E-state index contributed by atoms with van der Waals surface area (Å²) < 4.78 is 7.08. The molecule has 6 heteroatoms. The van der Waals surface area contributed by atoms with Crippen LogP contribution in [-0.2, 0) is 13.0 Å². The van der Waals surface area contributed by atoms with E-state index in [0.29, 0.717) is 29.3 Å². The first kappa shape index (κ1) is 16.3. The van der Waals surface area contributed by atoms with E-state index in [1.54, 1.807) is 29.8 Å². The quantitative estimate of drug-likeness (QED) is 0.771. The van der Waals surface area contributed by atoms with Crippen molar-refractivity contribution >= 4 is 23.2 Å². The molecule has 0 saturated carbocycles. The Hall–Kier alpha value is -2.53. The minimum Gasteiger partial charge on any atom is -0.496 e. The summed E-state index contributed by atoms with van der Waals surface area (Å²) >= 11 is 6.01. The van der Waals surface area contributed by atoms with Gasteiger partial charge >= 0.3 is 0 Å². The van der Waals surface area contributed by atoms with E-state index in [9.17, 15) is 4.79 Å². The van der Waals surface area contributed by atoms with Gasteiger partial charge in [-0.05, 0) is 18.6 Å². The lowest BCUT2D eigenvalue weighted by Crippen LogP contribution is -2.25. The van der Waals surface area contributed by atoms with Crippen molar-refractivity contribution in [3.63, 3.8) is 0 Å². The molecule has 0 fully saturated rings. The number of ether oxygens (including phenoxy) is 1. The molecule has 1 N–H and O–H groups in total. The number of carbonyl (C=O) groups excluding carboxylic acids is 1. The fraction of sp³-hybridized carbons (Fsp3) is 0.222. The number of carbonyl (C=O) groups is 1. The number of amides is 1. The number of halogens is 1. The number of imidazole rings is 1. The Labute approximate surface area is 145 Å². The topological polar surface area (TPSA) is 55.6 Å². The Balaban J connectivity index is 1.88. The number of rotatable bonds is 5. The van der Waals surface area contributed by atoms with Crippen LogP contribution in [0.4, 0.5) is 0 Å². The molecule has 0 aliphatic carbocycles. The van der Waals surface area contributed by atoms with E-state index in [2.05, 4.69) is 10.3 Å². The van der Waals surface area contributed by atoms with Crippen LogP contribution in [0.1, 0.15) is 28.7 Å². The Morgan fingerprint density at radius 2 is 2.12 bits per heavy atom. The van der Waals surface area contributed by atoms with E-state index in [-0.39, 0.29) is 5.91 Å². The third kappa shape index (κ3) is 3.08. The first-order valence-electron chi connectivity index (χ1n) is 7.70. The lowest BCUT2D eigenvalue weighted by atomic mass is 10.2. The van der Waals surface area contributed by atoms with Gasteiger partial charge in [0.25, 0.3) is 5.91 Å². The number of nitrogens with one attached hydrogen (secondary N) is 1. The van der Waals surface area contributed by atoms with Gasteiger partial charge in [-0.25, -0.2) is 4.98 Å². The summed E-state index contributed by atoms with van der Waals surface area (Å²) in [5, 5.41) is 3.54. The summed E-state index contributed by atoms with van der Waals surface area (Å²) in [6.07, 6.45) is 2.43. The molecule has 1 aromatic carbocycles. The molecule has 0 bridgehead atoms. The number of hydrogen-bond donors (Lipinski definition) is 1. The molecule has 2 heterocycles. The second-order valence-electron chi connectivity index (χ2n) is 5.33. The third-order valence-electron chi connectivity index (χ3n) is 3.84. The zero-order valence-corrected chi connectivity index (χ0v) is 14.3. The van der Waals surface area contributed by atoms with Gasteiger partial charge in [0, 0.05) is 29.4 Å². The molecule has 24 heavy (non-hydrogen) atoms. The predicted molar refractivity (Wildman–Crippen MR) is 93.7 cm³/mol. The smallest absolute Gasteiger partial charge is 0.270 e. The van der Waals surface area contributed by atoms with Gasteiger partial charge in [-0.3, -0.25) is 9.20 Å². The van der Waals surface area contributed by atoms with Crippen LogP contribution in [0.2, 0.25) is 5.02 Å². The summed E-state index contributed by atoms with van der Waals surface area (Å²) in [4.78, 5) is 17.2. The summed E-state index contributed by atoms with van der Waals surface area (Å²) in [7, 11) is 1.62. The molecular weight excluding hydrogens is 326 g/mol. The number of aromatic nitrogens is 2. The SMILES string of the molecule is CCc1nc2cc(Cl)ccn2c1C(=O)NCc1ccccc1OC. The van der Waals surface area contributed by atoms with Crippen molar-refractivity contribution in [2.75, 3.05) is 7.11 Å². The highest BCUT2D eigenvalue weighted by Crippen LogP contribution is 2.19. The summed E-state index contributed by atoms with van der Waals surface area (Å²) in [5.41, 5.74) is 2.87. The average molecular weight is 344 g/mol. The highest BCUT2D eigenvalue weighted by atomic mass is 35.5. The average Bonchev–Trinajstić information content (AvgIpc) is 2.97. The van der Waals surface area contributed by atoms with Crippen LogP contribution in [0.25, 0.3) is 5.65 Å². The van der Waals surface area contributed by atoms with E-state index in [0.717, 1.165) is 17.0 Å². The molecule has 0 aliphatic heterocycles. The number of hydrogen-bond acceptors (Lipinski definition) is 3. The number of para-hydroxylation sites is 1. The maximum Gasteiger partial charge on any atom is 0.270 e. The van der Waals surface area contributed by atoms with Crippen molar-refractivity contribution in [1.29, 1.82) is 0 Å². The van der Waals surface area contributed by atoms with E-state index in [1.807, 2.05) is 31.2 Å². The highest BCUT2D eigenvalue weighted by molar-refractivity contribution is 6.30. The largest absolute Gasteiger partial charge is 0.496 e. The molecule has 0 unspecified atom stereocenters. The molecule has 3 rings (SSSR count). The highest BCUT2D eigenvalue weighted by Gasteiger charge is 2.18. The van der Waals surface area contributed by atoms with Crippen molar-refractivity contribution in [2.24, 2.45) is 0 Å². The second kappa shape index (κ2) is 6.93. The fourth-order valence-corrected chi connectivity index (χ4v) is 2.82. The van der Waals surface area contributed by atoms with Crippen LogP contribution in [-0.4, -0.2) is 22.4 Å². The maximum absolute atomic E-state index is 12.7. The second-order valence-corrected chi connectivity index (χ2v) is 5.76. The van der Waals surface area contributed by atoms with Gasteiger partial charge in [0.1, 0.15) is 17.1 Å². The zero-order valence-electron chi connectivity index (χ0n) is 13.5. The van der Waals surface area contributed by atoms with Crippen LogP contribution in [0, 0.1) is 0 Å². The summed E-state index contributed by atoms with van der Waals surface area (Å²) in [5.74, 6) is 0.575. The Morgan fingerprint density at radius 1 is 1.33 bits per heavy atom. The fourth-order valence-electron chi connectivity index (χ4n) is 2.66. The Morgan fingerprint density at radius 3 is 2.88 bits per heavy atom. The predicted octanol–water partition coefficient (Wildman–Crippen LogP) is 3.49. The van der Waals surface area contributed by atoms with Crippen LogP contribution < -0.4 is 10.1 Å². The van der Waals surface area contributed by atoms with E-state index < -0.39 is 0 Å². The first-order chi connectivity index (χ1) is 11.6.